The molecule has 16 heavy (non-hydrogen) atoms. The van der Waals surface area contributed by atoms with E-state index >= 15 is 0 Å². The second kappa shape index (κ2) is 5.03. The van der Waals surface area contributed by atoms with Gasteiger partial charge in [-0.15, -0.1) is 0 Å². The van der Waals surface area contributed by atoms with Gasteiger partial charge in [0.1, 0.15) is 11.6 Å². The van der Waals surface area contributed by atoms with Crippen molar-refractivity contribution >= 4 is 11.5 Å². The highest BCUT2D eigenvalue weighted by Gasteiger charge is 2.16. The Bertz CT molecular complexity index is 475. The lowest BCUT2D eigenvalue weighted by atomic mass is 10.0. The molecule has 0 aromatic heterocycles. The molecule has 0 saturated carbocycles. The zero-order valence-electron chi connectivity index (χ0n) is 8.77. The number of hydrogen-bond donors (Lipinski definition) is 0. The SMILES string of the molecule is CCCC(=O)c1ccc(C#N)c([N+](=O)[O-])c1. The highest BCUT2D eigenvalue weighted by atomic mass is 16.6. The lowest BCUT2D eigenvalue weighted by Gasteiger charge is -2.00. The normalized spacial score (nSPS) is 9.50. The molecule has 0 bridgehead atoms. The third-order valence-electron chi connectivity index (χ3n) is 2.11. The van der Waals surface area contributed by atoms with E-state index in [0.29, 0.717) is 12.8 Å². The predicted octanol–water partition coefficient (Wildman–Crippen LogP) is 2.45. The first kappa shape index (κ1) is 11.9. The van der Waals surface area contributed by atoms with Crippen LogP contribution in [-0.4, -0.2) is 10.7 Å². The van der Waals surface area contributed by atoms with Gasteiger partial charge in [-0.3, -0.25) is 14.9 Å². The van der Waals surface area contributed by atoms with Gasteiger partial charge in [0.05, 0.1) is 4.92 Å². The summed E-state index contributed by atoms with van der Waals surface area (Å²) in [6, 6.07) is 5.64. The van der Waals surface area contributed by atoms with Crippen LogP contribution >= 0.6 is 0 Å². The Morgan fingerprint density at radius 2 is 2.25 bits per heavy atom. The Hall–Kier alpha value is -2.22. The Morgan fingerprint density at radius 1 is 1.56 bits per heavy atom. The molecular weight excluding hydrogens is 208 g/mol. The van der Waals surface area contributed by atoms with Crippen LogP contribution in [-0.2, 0) is 0 Å². The summed E-state index contributed by atoms with van der Waals surface area (Å²) in [4.78, 5) is 21.5. The first-order valence-electron chi connectivity index (χ1n) is 4.82. The van der Waals surface area contributed by atoms with E-state index in [-0.39, 0.29) is 22.6 Å². The summed E-state index contributed by atoms with van der Waals surface area (Å²) in [5, 5.41) is 19.3. The van der Waals surface area contributed by atoms with Crippen LogP contribution in [0, 0.1) is 21.4 Å². The van der Waals surface area contributed by atoms with Gasteiger partial charge in [0, 0.05) is 18.1 Å². The first-order chi connectivity index (χ1) is 7.60. The minimum absolute atomic E-state index is 0.0296. The molecule has 0 aliphatic rings. The van der Waals surface area contributed by atoms with Gasteiger partial charge in [0.15, 0.2) is 5.78 Å². The minimum Gasteiger partial charge on any atom is -0.294 e. The largest absolute Gasteiger partial charge is 0.294 e. The van der Waals surface area contributed by atoms with E-state index in [2.05, 4.69) is 0 Å². The van der Waals surface area contributed by atoms with Crippen molar-refractivity contribution in [2.24, 2.45) is 0 Å². The highest BCUT2D eigenvalue weighted by Crippen LogP contribution is 2.20. The van der Waals surface area contributed by atoms with Crippen LogP contribution in [0.15, 0.2) is 18.2 Å². The number of carbonyl (C=O) groups is 1. The third kappa shape index (κ3) is 2.42. The zero-order valence-corrected chi connectivity index (χ0v) is 8.77. The van der Waals surface area contributed by atoms with E-state index < -0.39 is 4.92 Å². The van der Waals surface area contributed by atoms with Gasteiger partial charge in [-0.1, -0.05) is 6.92 Å². The van der Waals surface area contributed by atoms with Crippen molar-refractivity contribution in [3.63, 3.8) is 0 Å². The molecule has 1 aromatic carbocycles. The summed E-state index contributed by atoms with van der Waals surface area (Å²) in [7, 11) is 0. The average Bonchev–Trinajstić information content (AvgIpc) is 2.28. The molecule has 82 valence electrons. The van der Waals surface area contributed by atoms with E-state index in [1.54, 1.807) is 6.07 Å². The molecule has 0 saturated heterocycles. The van der Waals surface area contributed by atoms with E-state index in [1.807, 2.05) is 6.92 Å². The number of carbonyl (C=O) groups excluding carboxylic acids is 1. The maximum atomic E-state index is 11.5. The van der Waals surface area contributed by atoms with Crippen molar-refractivity contribution in [3.8, 4) is 6.07 Å². The first-order valence-corrected chi connectivity index (χ1v) is 4.82. The van der Waals surface area contributed by atoms with Crippen molar-refractivity contribution in [1.82, 2.24) is 0 Å². The number of benzene rings is 1. The van der Waals surface area contributed by atoms with Crippen molar-refractivity contribution < 1.29 is 9.72 Å². The average molecular weight is 218 g/mol. The summed E-state index contributed by atoms with van der Waals surface area (Å²) >= 11 is 0. The second-order valence-corrected chi connectivity index (χ2v) is 3.27. The lowest BCUT2D eigenvalue weighted by molar-refractivity contribution is -0.385. The molecule has 1 aromatic rings. The van der Waals surface area contributed by atoms with Crippen molar-refractivity contribution in [1.29, 1.82) is 5.26 Å². The molecule has 0 aliphatic carbocycles. The van der Waals surface area contributed by atoms with Crippen LogP contribution in [0.5, 0.6) is 0 Å². The van der Waals surface area contributed by atoms with Gasteiger partial charge < -0.3 is 0 Å². The molecule has 1 rings (SSSR count). The third-order valence-corrected chi connectivity index (χ3v) is 2.11. The van der Waals surface area contributed by atoms with Gasteiger partial charge in [-0.2, -0.15) is 5.26 Å². The van der Waals surface area contributed by atoms with Crippen molar-refractivity contribution in [2.45, 2.75) is 19.8 Å². The molecule has 0 heterocycles. The zero-order chi connectivity index (χ0) is 12.1. The quantitative estimate of drug-likeness (QED) is 0.441. The smallest absolute Gasteiger partial charge is 0.287 e. The Morgan fingerprint density at radius 3 is 2.75 bits per heavy atom. The highest BCUT2D eigenvalue weighted by molar-refractivity contribution is 5.96. The Labute approximate surface area is 92.5 Å². The van der Waals surface area contributed by atoms with Crippen LogP contribution < -0.4 is 0 Å². The van der Waals surface area contributed by atoms with Gasteiger partial charge >= 0.3 is 0 Å². The van der Waals surface area contributed by atoms with Crippen LogP contribution in [0.3, 0.4) is 0 Å². The molecule has 5 heteroatoms. The van der Waals surface area contributed by atoms with Gasteiger partial charge in [0.25, 0.3) is 5.69 Å². The number of Topliss-reactive ketones (excluding diaryl/α,β-unsaturated/α-hetero) is 1. The summed E-state index contributed by atoms with van der Waals surface area (Å²) in [5.41, 5.74) is -0.0601. The topological polar surface area (TPSA) is 84.0 Å². The van der Waals surface area contributed by atoms with Crippen LogP contribution in [0.2, 0.25) is 0 Å². The lowest BCUT2D eigenvalue weighted by Crippen LogP contribution is -2.01. The van der Waals surface area contributed by atoms with Gasteiger partial charge in [-0.05, 0) is 18.6 Å². The minimum atomic E-state index is -0.652. The maximum Gasteiger partial charge on any atom is 0.287 e. The monoisotopic (exact) mass is 218 g/mol. The molecule has 0 unspecified atom stereocenters. The maximum absolute atomic E-state index is 11.5. The number of ketones is 1. The van der Waals surface area contributed by atoms with E-state index in [4.69, 9.17) is 5.26 Å². The van der Waals surface area contributed by atoms with Crippen LogP contribution in [0.1, 0.15) is 35.7 Å². The second-order valence-electron chi connectivity index (χ2n) is 3.27. The fourth-order valence-electron chi connectivity index (χ4n) is 1.32. The molecule has 0 aliphatic heterocycles. The summed E-state index contributed by atoms with van der Waals surface area (Å²) in [6.07, 6.45) is 1.04. The Balaban J connectivity index is 3.18. The number of nitrogens with zero attached hydrogens (tertiary/aromatic N) is 2. The van der Waals surface area contributed by atoms with Gasteiger partial charge in [-0.25, -0.2) is 0 Å². The number of nitriles is 1. The fourth-order valence-corrected chi connectivity index (χ4v) is 1.32. The molecule has 0 spiro atoms. The van der Waals surface area contributed by atoms with Crippen LogP contribution in [0.25, 0.3) is 0 Å². The van der Waals surface area contributed by atoms with Gasteiger partial charge in [0.2, 0.25) is 0 Å². The molecule has 0 amide bonds. The standard InChI is InChI=1S/C11H10N2O3/c1-2-3-11(14)8-4-5-9(7-12)10(6-8)13(15)16/h4-6H,2-3H2,1H3. The summed E-state index contributed by atoms with van der Waals surface area (Å²) in [6.45, 7) is 1.86. The molecule has 0 radical (unpaired) electrons. The number of hydrogen-bond acceptors (Lipinski definition) is 4. The number of rotatable bonds is 4. The molecule has 5 nitrogen and oxygen atoms in total. The molecule has 0 fully saturated rings. The Kier molecular flexibility index (Phi) is 3.72. The summed E-state index contributed by atoms with van der Waals surface area (Å²) < 4.78 is 0. The van der Waals surface area contributed by atoms with Crippen molar-refractivity contribution in [3.05, 3.63) is 39.4 Å². The van der Waals surface area contributed by atoms with Crippen LogP contribution in [0.4, 0.5) is 5.69 Å². The molecule has 0 N–H and O–H groups in total. The molecule has 0 atom stereocenters. The number of nitro groups is 1. The number of nitro benzene ring substituents is 1. The summed E-state index contributed by atoms with van der Waals surface area (Å²) in [5.74, 6) is -0.143. The van der Waals surface area contributed by atoms with Crippen molar-refractivity contribution in [2.75, 3.05) is 0 Å². The fraction of sp³-hybridized carbons (Fsp3) is 0.273. The predicted molar refractivity (Wildman–Crippen MR) is 57.0 cm³/mol. The molecular formula is C11H10N2O3. The van der Waals surface area contributed by atoms with E-state index in [1.165, 1.54) is 12.1 Å². The van der Waals surface area contributed by atoms with E-state index in [9.17, 15) is 14.9 Å². The van der Waals surface area contributed by atoms with E-state index in [0.717, 1.165) is 6.07 Å².